The molecule has 26 heavy (non-hydrogen) atoms. The van der Waals surface area contributed by atoms with Crippen molar-refractivity contribution >= 4 is 45.9 Å². The molecule has 0 aliphatic rings. The number of rotatable bonds is 5. The summed E-state index contributed by atoms with van der Waals surface area (Å²) in [5.74, 6) is 1.07. The fraction of sp³-hybridized carbons (Fsp3) is 0.200. The summed E-state index contributed by atoms with van der Waals surface area (Å²) in [6, 6.07) is 13.5. The minimum atomic E-state index is 0.409. The molecule has 0 N–H and O–H groups in total. The molecule has 4 nitrogen and oxygen atoms in total. The van der Waals surface area contributed by atoms with E-state index in [-0.39, 0.29) is 0 Å². The Morgan fingerprint density at radius 2 is 1.92 bits per heavy atom. The Bertz CT molecular complexity index is 1010. The van der Waals surface area contributed by atoms with Crippen LogP contribution in [0.4, 0.5) is 0 Å². The third-order valence-electron chi connectivity index (χ3n) is 3.95. The van der Waals surface area contributed by atoms with Gasteiger partial charge in [-0.05, 0) is 49.8 Å². The number of nitrogens with zero attached hydrogens (tertiary/aromatic N) is 3. The smallest absolute Gasteiger partial charge is 0.156 e. The molecule has 3 rings (SSSR count). The zero-order chi connectivity index (χ0) is 18.7. The van der Waals surface area contributed by atoms with Gasteiger partial charge in [-0.2, -0.15) is 5.26 Å². The molecule has 0 saturated carbocycles. The Hall–Kier alpha value is -2.48. The average Bonchev–Trinajstić information content (AvgIpc) is 3.01. The Labute approximate surface area is 162 Å². The van der Waals surface area contributed by atoms with E-state index in [1.165, 1.54) is 0 Å². The van der Waals surface area contributed by atoms with Crippen molar-refractivity contribution in [2.45, 2.75) is 20.4 Å². The monoisotopic (exact) mass is 385 g/mol. The number of imidazole rings is 1. The van der Waals surface area contributed by atoms with E-state index in [0.717, 1.165) is 16.6 Å². The molecule has 3 aromatic rings. The molecule has 0 saturated heterocycles. The first-order valence-corrected chi connectivity index (χ1v) is 9.03. The third-order valence-corrected chi connectivity index (χ3v) is 4.51. The molecular weight excluding hydrogens is 369 g/mol. The summed E-state index contributed by atoms with van der Waals surface area (Å²) < 4.78 is 7.46. The summed E-state index contributed by atoms with van der Waals surface area (Å²) >= 11 is 12.5. The fourth-order valence-corrected chi connectivity index (χ4v) is 3.47. The summed E-state index contributed by atoms with van der Waals surface area (Å²) in [6.45, 7) is 5.07. The van der Waals surface area contributed by atoms with Gasteiger partial charge in [0.1, 0.15) is 6.07 Å². The number of fused-ring (bicyclic) bond motifs is 1. The Morgan fingerprint density at radius 1 is 1.23 bits per heavy atom. The van der Waals surface area contributed by atoms with E-state index in [1.807, 2.05) is 42.7 Å². The van der Waals surface area contributed by atoms with Crippen LogP contribution in [0, 0.1) is 11.3 Å². The first kappa shape index (κ1) is 18.3. The lowest BCUT2D eigenvalue weighted by Gasteiger charge is -2.09. The van der Waals surface area contributed by atoms with Crippen LogP contribution in [0.25, 0.3) is 22.7 Å². The summed E-state index contributed by atoms with van der Waals surface area (Å²) in [4.78, 5) is 4.62. The molecular formula is C20H17Cl2N3O. The maximum Gasteiger partial charge on any atom is 0.156 e. The highest BCUT2D eigenvalue weighted by Crippen LogP contribution is 2.35. The quantitative estimate of drug-likeness (QED) is 0.519. The fourth-order valence-electron chi connectivity index (χ4n) is 2.86. The molecule has 0 aliphatic heterocycles. The van der Waals surface area contributed by atoms with Crippen LogP contribution in [-0.4, -0.2) is 16.2 Å². The molecule has 6 heteroatoms. The molecule has 0 amide bonds. The van der Waals surface area contributed by atoms with E-state index in [0.29, 0.717) is 40.3 Å². The number of halogens is 2. The summed E-state index contributed by atoms with van der Waals surface area (Å²) in [6.07, 6.45) is 1.74. The standard InChI is InChI=1S/C20H17Cl2N3O/c1-3-25-18-8-6-5-7-17(18)24-20(25)14(12-23)9-13-10-15(21)19(26-4-2)16(22)11-13/h5-11H,3-4H2,1-2H3/b14-9-. The predicted octanol–water partition coefficient (Wildman–Crippen LogP) is 5.83. The number of ether oxygens (including phenoxy) is 1. The molecule has 0 atom stereocenters. The highest BCUT2D eigenvalue weighted by Gasteiger charge is 2.15. The molecule has 1 heterocycles. The summed E-state index contributed by atoms with van der Waals surface area (Å²) in [5.41, 5.74) is 3.01. The van der Waals surface area contributed by atoms with Gasteiger partial charge in [-0.3, -0.25) is 0 Å². The van der Waals surface area contributed by atoms with Crippen molar-refractivity contribution in [2.75, 3.05) is 6.61 Å². The average molecular weight is 386 g/mol. The van der Waals surface area contributed by atoms with Crippen molar-refractivity contribution in [1.29, 1.82) is 5.26 Å². The molecule has 0 bridgehead atoms. The van der Waals surface area contributed by atoms with Gasteiger partial charge in [0.05, 0.1) is 33.3 Å². The molecule has 0 radical (unpaired) electrons. The van der Waals surface area contributed by atoms with Crippen molar-refractivity contribution in [3.05, 3.63) is 57.8 Å². The van der Waals surface area contributed by atoms with Crippen molar-refractivity contribution in [3.8, 4) is 11.8 Å². The number of aryl methyl sites for hydroxylation is 1. The van der Waals surface area contributed by atoms with Crippen LogP contribution in [-0.2, 0) is 6.54 Å². The van der Waals surface area contributed by atoms with Gasteiger partial charge in [0, 0.05) is 6.54 Å². The Kier molecular flexibility index (Phi) is 5.51. The van der Waals surface area contributed by atoms with E-state index < -0.39 is 0 Å². The predicted molar refractivity (Wildman–Crippen MR) is 107 cm³/mol. The van der Waals surface area contributed by atoms with E-state index in [1.54, 1.807) is 18.2 Å². The van der Waals surface area contributed by atoms with Gasteiger partial charge in [-0.15, -0.1) is 0 Å². The van der Waals surface area contributed by atoms with Gasteiger partial charge in [0.2, 0.25) is 0 Å². The van der Waals surface area contributed by atoms with E-state index in [4.69, 9.17) is 27.9 Å². The zero-order valence-corrected chi connectivity index (χ0v) is 16.0. The van der Waals surface area contributed by atoms with Crippen molar-refractivity contribution in [2.24, 2.45) is 0 Å². The number of allylic oxidation sites excluding steroid dienone is 1. The minimum absolute atomic E-state index is 0.409. The van der Waals surface area contributed by atoms with Crippen molar-refractivity contribution in [1.82, 2.24) is 9.55 Å². The van der Waals surface area contributed by atoms with Crippen LogP contribution in [0.5, 0.6) is 5.75 Å². The zero-order valence-electron chi connectivity index (χ0n) is 14.5. The lowest BCUT2D eigenvalue weighted by atomic mass is 10.1. The number of nitriles is 1. The van der Waals surface area contributed by atoms with Crippen LogP contribution in [0.1, 0.15) is 25.2 Å². The first-order valence-electron chi connectivity index (χ1n) is 8.28. The number of hydrogen-bond acceptors (Lipinski definition) is 3. The van der Waals surface area contributed by atoms with E-state index in [2.05, 4.69) is 11.1 Å². The summed E-state index contributed by atoms with van der Waals surface area (Å²) in [7, 11) is 0. The SMILES string of the molecule is CCOc1c(Cl)cc(/C=C(/C#N)c2nc3ccccc3n2CC)cc1Cl. The van der Waals surface area contributed by atoms with Crippen LogP contribution in [0.15, 0.2) is 36.4 Å². The highest BCUT2D eigenvalue weighted by atomic mass is 35.5. The second-order valence-electron chi connectivity index (χ2n) is 5.58. The lowest BCUT2D eigenvalue weighted by Crippen LogP contribution is -2.00. The third kappa shape index (κ3) is 3.41. The number of aromatic nitrogens is 2. The highest BCUT2D eigenvalue weighted by molar-refractivity contribution is 6.37. The molecule has 1 aromatic heterocycles. The number of para-hydroxylation sites is 2. The second-order valence-corrected chi connectivity index (χ2v) is 6.40. The van der Waals surface area contributed by atoms with Crippen LogP contribution < -0.4 is 4.74 Å². The van der Waals surface area contributed by atoms with Crippen molar-refractivity contribution < 1.29 is 4.74 Å². The molecule has 0 unspecified atom stereocenters. The van der Waals surface area contributed by atoms with Gasteiger partial charge < -0.3 is 9.30 Å². The lowest BCUT2D eigenvalue weighted by molar-refractivity contribution is 0.340. The van der Waals surface area contributed by atoms with Crippen LogP contribution >= 0.6 is 23.2 Å². The second kappa shape index (κ2) is 7.82. The maximum atomic E-state index is 9.70. The molecule has 0 aliphatic carbocycles. The van der Waals surface area contributed by atoms with Gasteiger partial charge in [-0.1, -0.05) is 35.3 Å². The minimum Gasteiger partial charge on any atom is -0.491 e. The number of benzene rings is 2. The van der Waals surface area contributed by atoms with Crippen molar-refractivity contribution in [3.63, 3.8) is 0 Å². The van der Waals surface area contributed by atoms with Gasteiger partial charge >= 0.3 is 0 Å². The molecule has 0 fully saturated rings. The molecule has 2 aromatic carbocycles. The van der Waals surface area contributed by atoms with Gasteiger partial charge in [0.25, 0.3) is 0 Å². The largest absolute Gasteiger partial charge is 0.491 e. The van der Waals surface area contributed by atoms with Crippen LogP contribution in [0.3, 0.4) is 0 Å². The topological polar surface area (TPSA) is 50.8 Å². The first-order chi connectivity index (χ1) is 12.6. The van der Waals surface area contributed by atoms with Gasteiger partial charge in [0.15, 0.2) is 11.6 Å². The summed E-state index contributed by atoms with van der Waals surface area (Å²) in [5, 5.41) is 10.5. The molecule has 132 valence electrons. The Balaban J connectivity index is 2.12. The normalized spacial score (nSPS) is 11.6. The van der Waals surface area contributed by atoms with Gasteiger partial charge in [-0.25, -0.2) is 4.98 Å². The van der Waals surface area contributed by atoms with E-state index >= 15 is 0 Å². The number of hydrogen-bond donors (Lipinski definition) is 0. The van der Waals surface area contributed by atoms with E-state index in [9.17, 15) is 5.26 Å². The van der Waals surface area contributed by atoms with Crippen LogP contribution in [0.2, 0.25) is 10.0 Å². The Morgan fingerprint density at radius 3 is 2.54 bits per heavy atom. The molecule has 0 spiro atoms. The maximum absolute atomic E-state index is 9.70.